The van der Waals surface area contributed by atoms with Crippen molar-refractivity contribution in [3.05, 3.63) is 54.2 Å². The Kier molecular flexibility index (Phi) is 7.30. The molecule has 5 heteroatoms. The number of hydrogen-bond acceptors (Lipinski definition) is 4. The van der Waals surface area contributed by atoms with Crippen molar-refractivity contribution < 1.29 is 9.47 Å². The lowest BCUT2D eigenvalue weighted by Gasteiger charge is -2.19. The molecule has 1 aromatic heterocycles. The molecule has 2 aromatic carbocycles. The molecule has 0 bridgehead atoms. The van der Waals surface area contributed by atoms with Crippen molar-refractivity contribution in [1.82, 2.24) is 15.1 Å². The molecule has 1 N–H and O–H groups in total. The summed E-state index contributed by atoms with van der Waals surface area (Å²) in [6, 6.07) is 16.2. The van der Waals surface area contributed by atoms with E-state index >= 15 is 0 Å². The zero-order valence-electron chi connectivity index (χ0n) is 17.9. The molecule has 0 aliphatic carbocycles. The molecule has 0 aliphatic rings. The molecule has 0 aliphatic heterocycles. The highest BCUT2D eigenvalue weighted by molar-refractivity contribution is 5.85. The van der Waals surface area contributed by atoms with Crippen molar-refractivity contribution in [3.8, 4) is 33.9 Å². The number of nitrogens with one attached hydrogen (secondary N) is 1. The van der Waals surface area contributed by atoms with Crippen LogP contribution in [0.3, 0.4) is 0 Å². The van der Waals surface area contributed by atoms with Gasteiger partial charge in [0.1, 0.15) is 23.8 Å². The van der Waals surface area contributed by atoms with Gasteiger partial charge in [-0.2, -0.15) is 5.10 Å². The fraction of sp³-hybridized carbons (Fsp3) is 0.375. The molecular formula is C24H31N3O2. The van der Waals surface area contributed by atoms with Crippen LogP contribution in [-0.4, -0.2) is 48.4 Å². The Morgan fingerprint density at radius 1 is 0.966 bits per heavy atom. The van der Waals surface area contributed by atoms with E-state index in [9.17, 15) is 0 Å². The molecule has 0 radical (unpaired) electrons. The van der Waals surface area contributed by atoms with Crippen molar-refractivity contribution in [3.63, 3.8) is 0 Å². The van der Waals surface area contributed by atoms with Gasteiger partial charge in [-0.3, -0.25) is 5.10 Å². The molecule has 154 valence electrons. The zero-order chi connectivity index (χ0) is 20.6. The van der Waals surface area contributed by atoms with E-state index in [1.807, 2.05) is 36.4 Å². The second-order valence-corrected chi connectivity index (χ2v) is 6.88. The van der Waals surface area contributed by atoms with E-state index in [-0.39, 0.29) is 0 Å². The number of likely N-dealkylation sites (N-methyl/N-ethyl adjacent to an activating group) is 1. The number of methoxy groups -OCH3 is 1. The SMILES string of the molecule is CCc1[nH]nc(-c2ccc(OC)cc2)c1-c1ccccc1OCCN(CC)CC. The molecule has 0 atom stereocenters. The van der Waals surface area contributed by atoms with Crippen LogP contribution < -0.4 is 9.47 Å². The summed E-state index contributed by atoms with van der Waals surface area (Å²) < 4.78 is 11.5. The third kappa shape index (κ3) is 4.80. The Hall–Kier alpha value is -2.79. The van der Waals surface area contributed by atoms with Gasteiger partial charge in [0.05, 0.1) is 7.11 Å². The molecule has 29 heavy (non-hydrogen) atoms. The van der Waals surface area contributed by atoms with Crippen LogP contribution in [0.5, 0.6) is 11.5 Å². The highest BCUT2D eigenvalue weighted by Crippen LogP contribution is 2.39. The maximum Gasteiger partial charge on any atom is 0.127 e. The summed E-state index contributed by atoms with van der Waals surface area (Å²) >= 11 is 0. The number of rotatable bonds is 10. The summed E-state index contributed by atoms with van der Waals surface area (Å²) in [5, 5.41) is 7.86. The summed E-state index contributed by atoms with van der Waals surface area (Å²) in [4.78, 5) is 2.36. The van der Waals surface area contributed by atoms with Crippen molar-refractivity contribution in [1.29, 1.82) is 0 Å². The Morgan fingerprint density at radius 3 is 2.34 bits per heavy atom. The van der Waals surface area contributed by atoms with E-state index in [1.165, 1.54) is 0 Å². The van der Waals surface area contributed by atoms with Crippen LogP contribution in [0.4, 0.5) is 0 Å². The van der Waals surface area contributed by atoms with Crippen LogP contribution in [0.25, 0.3) is 22.4 Å². The number of nitrogens with zero attached hydrogens (tertiary/aromatic N) is 2. The molecule has 0 saturated heterocycles. The van der Waals surface area contributed by atoms with Crippen LogP contribution in [0.1, 0.15) is 26.5 Å². The average molecular weight is 394 g/mol. The second-order valence-electron chi connectivity index (χ2n) is 6.88. The van der Waals surface area contributed by atoms with E-state index < -0.39 is 0 Å². The fourth-order valence-electron chi connectivity index (χ4n) is 3.51. The van der Waals surface area contributed by atoms with Gasteiger partial charge in [-0.1, -0.05) is 39.0 Å². The highest BCUT2D eigenvalue weighted by Gasteiger charge is 2.19. The molecule has 0 amide bonds. The van der Waals surface area contributed by atoms with Gasteiger partial charge in [-0.05, 0) is 49.8 Å². The number of hydrogen-bond donors (Lipinski definition) is 1. The lowest BCUT2D eigenvalue weighted by Crippen LogP contribution is -2.27. The predicted octanol–water partition coefficient (Wildman–Crippen LogP) is 5.04. The first-order valence-electron chi connectivity index (χ1n) is 10.4. The van der Waals surface area contributed by atoms with E-state index in [0.717, 1.165) is 65.6 Å². The van der Waals surface area contributed by atoms with Gasteiger partial charge in [-0.25, -0.2) is 0 Å². The van der Waals surface area contributed by atoms with Gasteiger partial charge in [0, 0.05) is 28.9 Å². The summed E-state index contributed by atoms with van der Waals surface area (Å²) in [5.74, 6) is 1.73. The van der Waals surface area contributed by atoms with E-state index in [2.05, 4.69) is 48.0 Å². The van der Waals surface area contributed by atoms with E-state index in [1.54, 1.807) is 7.11 Å². The molecule has 0 spiro atoms. The largest absolute Gasteiger partial charge is 0.497 e. The first-order chi connectivity index (χ1) is 14.2. The molecule has 0 saturated carbocycles. The quantitative estimate of drug-likeness (QED) is 0.524. The van der Waals surface area contributed by atoms with Gasteiger partial charge in [-0.15, -0.1) is 0 Å². The minimum absolute atomic E-state index is 0.663. The Morgan fingerprint density at radius 2 is 1.69 bits per heavy atom. The summed E-state index contributed by atoms with van der Waals surface area (Å²) in [7, 11) is 1.68. The maximum atomic E-state index is 6.22. The second kappa shape index (κ2) is 10.1. The highest BCUT2D eigenvalue weighted by atomic mass is 16.5. The topological polar surface area (TPSA) is 50.4 Å². The Bertz CT molecular complexity index is 899. The van der Waals surface area contributed by atoms with Gasteiger partial charge >= 0.3 is 0 Å². The number of H-pyrrole nitrogens is 1. The van der Waals surface area contributed by atoms with Crippen molar-refractivity contribution in [2.75, 3.05) is 33.4 Å². The lowest BCUT2D eigenvalue weighted by molar-refractivity contribution is 0.223. The van der Waals surface area contributed by atoms with Gasteiger partial charge in [0.2, 0.25) is 0 Å². The first kappa shape index (κ1) is 20.9. The normalized spacial score (nSPS) is 11.1. The molecule has 3 rings (SSSR count). The summed E-state index contributed by atoms with van der Waals surface area (Å²) in [6.45, 7) is 10.1. The van der Waals surface area contributed by atoms with Crippen LogP contribution in [0, 0.1) is 0 Å². The van der Waals surface area contributed by atoms with Gasteiger partial charge in [0.15, 0.2) is 0 Å². The van der Waals surface area contributed by atoms with Crippen molar-refractivity contribution in [2.45, 2.75) is 27.2 Å². The third-order valence-corrected chi connectivity index (χ3v) is 5.27. The van der Waals surface area contributed by atoms with Gasteiger partial charge < -0.3 is 14.4 Å². The maximum absolute atomic E-state index is 6.22. The van der Waals surface area contributed by atoms with Crippen molar-refractivity contribution in [2.24, 2.45) is 0 Å². The van der Waals surface area contributed by atoms with Crippen LogP contribution in [0.15, 0.2) is 48.5 Å². The van der Waals surface area contributed by atoms with Crippen LogP contribution in [0.2, 0.25) is 0 Å². The van der Waals surface area contributed by atoms with Crippen molar-refractivity contribution >= 4 is 0 Å². The minimum Gasteiger partial charge on any atom is -0.497 e. The average Bonchev–Trinajstić information content (AvgIpc) is 3.21. The molecule has 5 nitrogen and oxygen atoms in total. The zero-order valence-corrected chi connectivity index (χ0v) is 17.9. The Labute approximate surface area is 173 Å². The van der Waals surface area contributed by atoms with E-state index in [0.29, 0.717) is 6.61 Å². The molecule has 0 fully saturated rings. The molecular weight excluding hydrogens is 362 g/mol. The van der Waals surface area contributed by atoms with Gasteiger partial charge in [0.25, 0.3) is 0 Å². The molecule has 3 aromatic rings. The third-order valence-electron chi connectivity index (χ3n) is 5.27. The number of benzene rings is 2. The smallest absolute Gasteiger partial charge is 0.127 e. The lowest BCUT2D eigenvalue weighted by atomic mass is 9.97. The van der Waals surface area contributed by atoms with E-state index in [4.69, 9.17) is 9.47 Å². The number of aromatic nitrogens is 2. The number of aromatic amines is 1. The molecule has 0 unspecified atom stereocenters. The molecule has 1 heterocycles. The number of aryl methyl sites for hydroxylation is 1. The van der Waals surface area contributed by atoms with Crippen LogP contribution in [-0.2, 0) is 6.42 Å². The summed E-state index contributed by atoms with van der Waals surface area (Å²) in [5.41, 5.74) is 5.27. The minimum atomic E-state index is 0.663. The number of ether oxygens (including phenoxy) is 2. The Balaban J connectivity index is 1.95. The first-order valence-corrected chi connectivity index (χ1v) is 10.4. The fourth-order valence-corrected chi connectivity index (χ4v) is 3.51. The van der Waals surface area contributed by atoms with Crippen LogP contribution >= 0.6 is 0 Å². The number of para-hydroxylation sites is 1. The monoisotopic (exact) mass is 393 g/mol. The standard InChI is InChI=1S/C24H31N3O2/c1-5-21-23(24(26-25-21)18-12-14-19(28-4)15-13-18)20-10-8-9-11-22(20)29-17-16-27(6-2)7-3/h8-15H,5-7,16-17H2,1-4H3,(H,25,26). The predicted molar refractivity (Wildman–Crippen MR) is 119 cm³/mol. The summed E-state index contributed by atoms with van der Waals surface area (Å²) in [6.07, 6.45) is 0.867.